The molecule has 0 atom stereocenters. The molecule has 5 nitrogen and oxygen atoms in total. The molecule has 1 aromatic carbocycles. The van der Waals surface area contributed by atoms with E-state index in [2.05, 4.69) is 12.2 Å². The van der Waals surface area contributed by atoms with Crippen LogP contribution in [0.25, 0.3) is 0 Å². The summed E-state index contributed by atoms with van der Waals surface area (Å²) in [5.41, 5.74) is 0.947. The Bertz CT molecular complexity index is 470. The Labute approximate surface area is 138 Å². The summed E-state index contributed by atoms with van der Waals surface area (Å²) in [6, 6.07) is 7.58. The number of unbranched alkanes of at least 4 members (excludes halogenated alkanes) is 3. The Morgan fingerprint density at radius 1 is 1.09 bits per heavy atom. The predicted molar refractivity (Wildman–Crippen MR) is 87.0 cm³/mol. The van der Waals surface area contributed by atoms with Gasteiger partial charge >= 0.3 is 0 Å². The largest absolute Gasteiger partial charge is 0.550 e. The maximum Gasteiger partial charge on any atom is 0.224 e. The number of ether oxygens (including phenoxy) is 1. The summed E-state index contributed by atoms with van der Waals surface area (Å²) in [5.74, 6) is -0.212. The van der Waals surface area contributed by atoms with Crippen molar-refractivity contribution >= 4 is 11.9 Å². The maximum absolute atomic E-state index is 11.8. The van der Waals surface area contributed by atoms with E-state index in [9.17, 15) is 14.7 Å². The number of carbonyl (C=O) groups is 2. The molecule has 128 valence electrons. The molecule has 1 aromatic rings. The van der Waals surface area contributed by atoms with Crippen molar-refractivity contribution in [3.8, 4) is 5.75 Å². The van der Waals surface area contributed by atoms with Gasteiger partial charge in [0.05, 0.1) is 13.0 Å². The highest BCUT2D eigenvalue weighted by Crippen LogP contribution is 2.13. The molecule has 1 N–H and O–H groups in total. The van der Waals surface area contributed by atoms with Gasteiger partial charge in [-0.1, -0.05) is 31.9 Å². The van der Waals surface area contributed by atoms with Crippen LogP contribution in [0.4, 0.5) is 0 Å². The van der Waals surface area contributed by atoms with Gasteiger partial charge in [0.15, 0.2) is 0 Å². The highest BCUT2D eigenvalue weighted by atomic mass is 16.5. The van der Waals surface area contributed by atoms with Gasteiger partial charge in [0, 0.05) is 12.5 Å². The summed E-state index contributed by atoms with van der Waals surface area (Å²) in [7, 11) is 0. The molecule has 0 heterocycles. The molecule has 1 rings (SSSR count). The molecule has 0 fully saturated rings. The molecule has 0 saturated heterocycles. The average molecular weight is 320 g/mol. The van der Waals surface area contributed by atoms with Gasteiger partial charge < -0.3 is 20.0 Å². The summed E-state index contributed by atoms with van der Waals surface area (Å²) in [4.78, 5) is 22.1. The zero-order chi connectivity index (χ0) is 16.9. The van der Waals surface area contributed by atoms with Crippen molar-refractivity contribution < 1.29 is 19.4 Å². The van der Waals surface area contributed by atoms with Crippen LogP contribution >= 0.6 is 0 Å². The predicted octanol–water partition coefficient (Wildman–Crippen LogP) is 1.83. The van der Waals surface area contributed by atoms with E-state index in [1.807, 2.05) is 24.3 Å². The summed E-state index contributed by atoms with van der Waals surface area (Å²) >= 11 is 0. The molecule has 1 amide bonds. The number of hydrogen-bond donors (Lipinski definition) is 1. The number of carboxylic acid groups (broad SMARTS) is 1. The summed E-state index contributed by atoms with van der Waals surface area (Å²) in [5, 5.41) is 13.1. The second kappa shape index (κ2) is 11.5. The van der Waals surface area contributed by atoms with Gasteiger partial charge in [-0.25, -0.2) is 0 Å². The first-order valence-corrected chi connectivity index (χ1v) is 8.30. The average Bonchev–Trinajstić information content (AvgIpc) is 2.52. The van der Waals surface area contributed by atoms with Crippen molar-refractivity contribution in [2.45, 2.75) is 51.9 Å². The van der Waals surface area contributed by atoms with E-state index < -0.39 is 5.97 Å². The Balaban J connectivity index is 2.17. The molecule has 0 aliphatic rings. The molecular weight excluding hydrogens is 294 g/mol. The zero-order valence-electron chi connectivity index (χ0n) is 13.8. The van der Waals surface area contributed by atoms with Crippen molar-refractivity contribution in [1.82, 2.24) is 5.32 Å². The van der Waals surface area contributed by atoms with Gasteiger partial charge in [0.1, 0.15) is 5.75 Å². The Morgan fingerprint density at radius 2 is 1.83 bits per heavy atom. The van der Waals surface area contributed by atoms with E-state index in [-0.39, 0.29) is 12.3 Å². The first-order chi connectivity index (χ1) is 11.1. The number of carbonyl (C=O) groups excluding carboxylic acids is 2. The van der Waals surface area contributed by atoms with Gasteiger partial charge in [-0.2, -0.15) is 0 Å². The van der Waals surface area contributed by atoms with Crippen molar-refractivity contribution in [3.05, 3.63) is 29.8 Å². The van der Waals surface area contributed by atoms with Gasteiger partial charge in [-0.15, -0.1) is 0 Å². The molecular formula is C18H26NO4-. The fourth-order valence-electron chi connectivity index (χ4n) is 2.08. The molecule has 0 aromatic heterocycles. The van der Waals surface area contributed by atoms with Crippen LogP contribution in [0.3, 0.4) is 0 Å². The number of carboxylic acids is 1. The molecule has 0 radical (unpaired) electrons. The monoisotopic (exact) mass is 320 g/mol. The lowest BCUT2D eigenvalue weighted by molar-refractivity contribution is -0.305. The quantitative estimate of drug-likeness (QED) is 0.596. The van der Waals surface area contributed by atoms with Crippen molar-refractivity contribution in [2.24, 2.45) is 0 Å². The fourth-order valence-corrected chi connectivity index (χ4v) is 2.08. The molecule has 0 aliphatic heterocycles. The summed E-state index contributed by atoms with van der Waals surface area (Å²) in [6.45, 7) is 3.41. The standard InChI is InChI=1S/C18H27NO4/c1-2-3-13-23-16-10-8-15(9-11-16)14-17(20)19-12-6-4-5-7-18(21)22/h8-11H,2-7,12-14H2,1H3,(H,19,20)(H,21,22)/p-1. The van der Waals surface area contributed by atoms with Crippen molar-refractivity contribution in [3.63, 3.8) is 0 Å². The molecule has 5 heteroatoms. The van der Waals surface area contributed by atoms with Crippen LogP contribution < -0.4 is 15.2 Å². The number of aliphatic carboxylic acids is 1. The van der Waals surface area contributed by atoms with Gasteiger partial charge in [0.25, 0.3) is 0 Å². The molecule has 0 bridgehead atoms. The van der Waals surface area contributed by atoms with E-state index in [0.717, 1.165) is 37.0 Å². The van der Waals surface area contributed by atoms with Crippen molar-refractivity contribution in [1.29, 1.82) is 0 Å². The van der Waals surface area contributed by atoms with Crippen LogP contribution in [0.5, 0.6) is 5.75 Å². The minimum absolute atomic E-state index is 0.0236. The van der Waals surface area contributed by atoms with E-state index in [1.54, 1.807) is 0 Å². The Kier molecular flexibility index (Phi) is 9.52. The van der Waals surface area contributed by atoms with Crippen molar-refractivity contribution in [2.75, 3.05) is 13.2 Å². The van der Waals surface area contributed by atoms with E-state index >= 15 is 0 Å². The SMILES string of the molecule is CCCCOc1ccc(CC(=O)NCCCCCC(=O)[O-])cc1. The number of rotatable bonds is 12. The Hall–Kier alpha value is -2.04. The van der Waals surface area contributed by atoms with Gasteiger partial charge in [-0.3, -0.25) is 4.79 Å². The lowest BCUT2D eigenvalue weighted by Gasteiger charge is -2.08. The normalized spacial score (nSPS) is 10.3. The fraction of sp³-hybridized carbons (Fsp3) is 0.556. The molecule has 0 saturated carbocycles. The first kappa shape index (κ1) is 19.0. The Morgan fingerprint density at radius 3 is 2.48 bits per heavy atom. The van der Waals surface area contributed by atoms with E-state index in [4.69, 9.17) is 4.74 Å². The van der Waals surface area contributed by atoms with Crippen LogP contribution in [0, 0.1) is 0 Å². The maximum atomic E-state index is 11.8. The number of hydrogen-bond acceptors (Lipinski definition) is 4. The van der Waals surface area contributed by atoms with E-state index in [0.29, 0.717) is 26.0 Å². The molecule has 0 spiro atoms. The smallest absolute Gasteiger partial charge is 0.224 e. The number of amides is 1. The second-order valence-electron chi connectivity index (χ2n) is 5.56. The molecule has 0 unspecified atom stereocenters. The van der Waals surface area contributed by atoms with Crippen LogP contribution in [0.2, 0.25) is 0 Å². The lowest BCUT2D eigenvalue weighted by atomic mass is 10.1. The van der Waals surface area contributed by atoms with Crippen LogP contribution in [-0.2, 0) is 16.0 Å². The van der Waals surface area contributed by atoms with Crippen LogP contribution in [-0.4, -0.2) is 25.0 Å². The van der Waals surface area contributed by atoms with E-state index in [1.165, 1.54) is 0 Å². The van der Waals surface area contributed by atoms with Gasteiger partial charge in [-0.05, 0) is 43.4 Å². The topological polar surface area (TPSA) is 78.5 Å². The summed E-state index contributed by atoms with van der Waals surface area (Å²) in [6.07, 6.45) is 4.71. The zero-order valence-corrected chi connectivity index (χ0v) is 13.8. The third-order valence-corrected chi connectivity index (χ3v) is 3.43. The third kappa shape index (κ3) is 9.55. The number of benzene rings is 1. The summed E-state index contributed by atoms with van der Waals surface area (Å²) < 4.78 is 5.58. The first-order valence-electron chi connectivity index (χ1n) is 8.30. The minimum atomic E-state index is -1.02. The minimum Gasteiger partial charge on any atom is -0.550 e. The molecule has 0 aliphatic carbocycles. The number of nitrogens with one attached hydrogen (secondary N) is 1. The van der Waals surface area contributed by atoms with Gasteiger partial charge in [0.2, 0.25) is 5.91 Å². The van der Waals surface area contributed by atoms with Crippen LogP contribution in [0.1, 0.15) is 51.0 Å². The highest BCUT2D eigenvalue weighted by Gasteiger charge is 2.03. The third-order valence-electron chi connectivity index (χ3n) is 3.43. The lowest BCUT2D eigenvalue weighted by Crippen LogP contribution is -2.26. The highest BCUT2D eigenvalue weighted by molar-refractivity contribution is 5.78. The molecule has 23 heavy (non-hydrogen) atoms. The second-order valence-corrected chi connectivity index (χ2v) is 5.56. The van der Waals surface area contributed by atoms with Crippen LogP contribution in [0.15, 0.2) is 24.3 Å².